The number of hydrogen-bond acceptors (Lipinski definition) is 2. The van der Waals surface area contributed by atoms with Gasteiger partial charge in [-0.15, -0.1) is 0 Å². The van der Waals surface area contributed by atoms with E-state index >= 15 is 0 Å². The van der Waals surface area contributed by atoms with Gasteiger partial charge in [0.15, 0.2) is 0 Å². The summed E-state index contributed by atoms with van der Waals surface area (Å²) in [6.07, 6.45) is -9.34. The first-order valence-corrected chi connectivity index (χ1v) is 4.82. The number of alkyl halides is 4. The molecule has 98 valence electrons. The lowest BCUT2D eigenvalue weighted by molar-refractivity contribution is -0.461. The third-order valence-electron chi connectivity index (χ3n) is 1.21. The van der Waals surface area contributed by atoms with E-state index in [9.17, 15) is 17.6 Å². The first-order valence-electron chi connectivity index (χ1n) is 4.82. The fraction of sp³-hybridized carbons (Fsp3) is 1.00. The standard InChI is InChI=1S/C10H18F4O2/c1-7(2,3)15-9(11,12)10(13,14)16-8(4,5)6/h1-6H3. The lowest BCUT2D eigenvalue weighted by Crippen LogP contribution is -2.51. The molecule has 0 aliphatic rings. The van der Waals surface area contributed by atoms with Crippen LogP contribution < -0.4 is 0 Å². The maximum Gasteiger partial charge on any atom is 0.448 e. The first kappa shape index (κ1) is 15.6. The van der Waals surface area contributed by atoms with Gasteiger partial charge in [0.2, 0.25) is 0 Å². The molecule has 0 atom stereocenters. The van der Waals surface area contributed by atoms with Gasteiger partial charge in [0.1, 0.15) is 0 Å². The van der Waals surface area contributed by atoms with Crippen LogP contribution in [0.15, 0.2) is 0 Å². The SMILES string of the molecule is CC(C)(C)OC(F)(F)C(F)(F)OC(C)(C)C. The van der Waals surface area contributed by atoms with Gasteiger partial charge in [-0.3, -0.25) is 0 Å². The lowest BCUT2D eigenvalue weighted by atomic mass is 10.2. The Balaban J connectivity index is 4.85. The van der Waals surface area contributed by atoms with E-state index in [4.69, 9.17) is 0 Å². The van der Waals surface area contributed by atoms with Crippen molar-refractivity contribution in [3.05, 3.63) is 0 Å². The molecule has 0 radical (unpaired) electrons. The highest BCUT2D eigenvalue weighted by Crippen LogP contribution is 2.41. The van der Waals surface area contributed by atoms with Crippen molar-refractivity contribution in [1.82, 2.24) is 0 Å². The molecule has 0 aromatic heterocycles. The van der Waals surface area contributed by atoms with Gasteiger partial charge in [0.05, 0.1) is 11.2 Å². The molecule has 0 aromatic carbocycles. The fourth-order valence-electron chi connectivity index (χ4n) is 0.888. The summed E-state index contributed by atoms with van der Waals surface area (Å²) < 4.78 is 60.6. The first-order chi connectivity index (χ1) is 6.66. The van der Waals surface area contributed by atoms with E-state index in [-0.39, 0.29) is 0 Å². The Morgan fingerprint density at radius 1 is 0.562 bits per heavy atom. The minimum atomic E-state index is -4.67. The van der Waals surface area contributed by atoms with Crippen molar-refractivity contribution < 1.29 is 27.0 Å². The van der Waals surface area contributed by atoms with Gasteiger partial charge in [-0.05, 0) is 41.5 Å². The Kier molecular flexibility index (Phi) is 4.05. The van der Waals surface area contributed by atoms with E-state index in [0.29, 0.717) is 0 Å². The number of rotatable bonds is 3. The van der Waals surface area contributed by atoms with Crippen molar-refractivity contribution in [3.63, 3.8) is 0 Å². The molecule has 16 heavy (non-hydrogen) atoms. The van der Waals surface area contributed by atoms with Crippen molar-refractivity contribution in [2.24, 2.45) is 0 Å². The second kappa shape index (κ2) is 4.14. The van der Waals surface area contributed by atoms with Crippen molar-refractivity contribution in [3.8, 4) is 0 Å². The molecule has 2 nitrogen and oxygen atoms in total. The second-order valence-corrected chi connectivity index (χ2v) is 5.46. The third-order valence-corrected chi connectivity index (χ3v) is 1.21. The Hall–Kier alpha value is -0.360. The van der Waals surface area contributed by atoms with Crippen molar-refractivity contribution in [1.29, 1.82) is 0 Å². The molecule has 0 unspecified atom stereocenters. The minimum absolute atomic E-state index is 1.26. The van der Waals surface area contributed by atoms with Crippen molar-refractivity contribution >= 4 is 0 Å². The van der Waals surface area contributed by atoms with E-state index in [2.05, 4.69) is 9.47 Å². The van der Waals surface area contributed by atoms with Gasteiger partial charge in [-0.2, -0.15) is 17.6 Å². The Labute approximate surface area is 92.9 Å². The Bertz CT molecular complexity index is 212. The molecule has 0 spiro atoms. The summed E-state index contributed by atoms with van der Waals surface area (Å²) in [6.45, 7) is 7.55. The highest BCUT2D eigenvalue weighted by atomic mass is 19.3. The zero-order valence-electron chi connectivity index (χ0n) is 10.3. The molecule has 6 heteroatoms. The number of halogens is 4. The van der Waals surface area contributed by atoms with Crippen molar-refractivity contribution in [2.75, 3.05) is 0 Å². The van der Waals surface area contributed by atoms with E-state index in [0.717, 1.165) is 0 Å². The Morgan fingerprint density at radius 2 is 0.750 bits per heavy atom. The van der Waals surface area contributed by atoms with E-state index < -0.39 is 23.4 Å². The molecule has 0 N–H and O–H groups in total. The van der Waals surface area contributed by atoms with Crippen LogP contribution in [0.2, 0.25) is 0 Å². The second-order valence-electron chi connectivity index (χ2n) is 5.46. The molecule has 0 fully saturated rings. The van der Waals surface area contributed by atoms with E-state index in [1.807, 2.05) is 0 Å². The fourth-order valence-corrected chi connectivity index (χ4v) is 0.888. The van der Waals surface area contributed by atoms with Gasteiger partial charge >= 0.3 is 12.2 Å². The van der Waals surface area contributed by atoms with Crippen LogP contribution in [0.3, 0.4) is 0 Å². The van der Waals surface area contributed by atoms with Crippen LogP contribution in [-0.4, -0.2) is 23.4 Å². The molecule has 0 amide bonds. The molecule has 0 bridgehead atoms. The molecule has 0 aliphatic heterocycles. The summed E-state index contributed by atoms with van der Waals surface area (Å²) in [6, 6.07) is 0. The summed E-state index contributed by atoms with van der Waals surface area (Å²) in [5, 5.41) is 0. The topological polar surface area (TPSA) is 18.5 Å². The molecule has 0 rings (SSSR count). The van der Waals surface area contributed by atoms with Crippen LogP contribution in [0.5, 0.6) is 0 Å². The third kappa shape index (κ3) is 5.12. The van der Waals surface area contributed by atoms with Crippen molar-refractivity contribution in [2.45, 2.75) is 65.0 Å². The zero-order valence-corrected chi connectivity index (χ0v) is 10.3. The molecule has 0 aromatic rings. The molecular formula is C10H18F4O2. The van der Waals surface area contributed by atoms with Crippen LogP contribution >= 0.6 is 0 Å². The van der Waals surface area contributed by atoms with Crippen LogP contribution in [0, 0.1) is 0 Å². The summed E-state index contributed by atoms with van der Waals surface area (Å²) in [5.41, 5.74) is -2.79. The van der Waals surface area contributed by atoms with Crippen LogP contribution in [0.1, 0.15) is 41.5 Å². The van der Waals surface area contributed by atoms with Gasteiger partial charge < -0.3 is 9.47 Å². The summed E-state index contributed by atoms with van der Waals surface area (Å²) in [7, 11) is 0. The molecule has 0 saturated heterocycles. The lowest BCUT2D eigenvalue weighted by Gasteiger charge is -2.34. The molecule has 0 saturated carbocycles. The van der Waals surface area contributed by atoms with Gasteiger partial charge in [-0.1, -0.05) is 0 Å². The van der Waals surface area contributed by atoms with Crippen LogP contribution in [0.4, 0.5) is 17.6 Å². The average molecular weight is 246 g/mol. The maximum absolute atomic E-state index is 13.1. The normalized spacial score (nSPS) is 15.4. The highest BCUT2D eigenvalue weighted by molar-refractivity contribution is 4.75. The predicted molar refractivity (Wildman–Crippen MR) is 51.6 cm³/mol. The zero-order chi connectivity index (χ0) is 13.4. The quantitative estimate of drug-likeness (QED) is 0.705. The summed E-state index contributed by atoms with van der Waals surface area (Å²) in [5.74, 6) is 0. The number of ether oxygens (including phenoxy) is 2. The maximum atomic E-state index is 13.1. The molecular weight excluding hydrogens is 228 g/mol. The van der Waals surface area contributed by atoms with Crippen LogP contribution in [-0.2, 0) is 9.47 Å². The smallest absolute Gasteiger partial charge is 0.308 e. The summed E-state index contributed by atoms with van der Waals surface area (Å²) in [4.78, 5) is 0. The predicted octanol–water partition coefficient (Wildman–Crippen LogP) is 3.80. The minimum Gasteiger partial charge on any atom is -0.308 e. The van der Waals surface area contributed by atoms with Gasteiger partial charge in [-0.25, -0.2) is 0 Å². The van der Waals surface area contributed by atoms with Crippen LogP contribution in [0.25, 0.3) is 0 Å². The molecule has 0 aliphatic carbocycles. The Morgan fingerprint density at radius 3 is 0.875 bits per heavy atom. The summed E-state index contributed by atoms with van der Waals surface area (Å²) >= 11 is 0. The molecule has 0 heterocycles. The largest absolute Gasteiger partial charge is 0.448 e. The highest BCUT2D eigenvalue weighted by Gasteiger charge is 2.62. The van der Waals surface area contributed by atoms with E-state index in [1.165, 1.54) is 41.5 Å². The van der Waals surface area contributed by atoms with Gasteiger partial charge in [0, 0.05) is 0 Å². The number of hydrogen-bond donors (Lipinski definition) is 0. The van der Waals surface area contributed by atoms with Gasteiger partial charge in [0.25, 0.3) is 0 Å². The van der Waals surface area contributed by atoms with E-state index in [1.54, 1.807) is 0 Å². The average Bonchev–Trinajstić information content (AvgIpc) is 1.72. The monoisotopic (exact) mass is 246 g/mol.